The van der Waals surface area contributed by atoms with E-state index in [1.807, 2.05) is 6.07 Å². The number of hydrogen-bond donors (Lipinski definition) is 2. The largest absolute Gasteiger partial charge is 0.347 e. The number of aryl methyl sites for hydroxylation is 1. The minimum atomic E-state index is -0.799. The molecule has 17 heavy (non-hydrogen) atoms. The fraction of sp³-hybridized carbons (Fsp3) is 0.400. The smallest absolute Gasteiger partial charge is 0.310 e. The molecule has 0 saturated heterocycles. The average Bonchev–Trinajstić information content (AvgIpc) is 2.71. The van der Waals surface area contributed by atoms with Gasteiger partial charge < -0.3 is 10.6 Å². The van der Waals surface area contributed by atoms with Crippen molar-refractivity contribution >= 4 is 11.8 Å². The van der Waals surface area contributed by atoms with Gasteiger partial charge in [-0.25, -0.2) is 0 Å². The second kappa shape index (κ2) is 6.27. The van der Waals surface area contributed by atoms with Gasteiger partial charge in [0.1, 0.15) is 6.54 Å². The van der Waals surface area contributed by atoms with Gasteiger partial charge in [0.2, 0.25) is 0 Å². The molecular weight excluding hydrogens is 222 g/mol. The van der Waals surface area contributed by atoms with Crippen LogP contribution in [0.5, 0.6) is 0 Å². The van der Waals surface area contributed by atoms with Crippen molar-refractivity contribution in [3.05, 3.63) is 18.0 Å². The zero-order valence-corrected chi connectivity index (χ0v) is 9.43. The van der Waals surface area contributed by atoms with Crippen LogP contribution in [0.25, 0.3) is 0 Å². The Morgan fingerprint density at radius 2 is 2.18 bits per heavy atom. The van der Waals surface area contributed by atoms with Crippen LogP contribution in [0.15, 0.2) is 12.3 Å². The Bertz CT molecular complexity index is 446. The first-order valence-corrected chi connectivity index (χ1v) is 5.05. The molecule has 1 rings (SSSR count). The first-order valence-electron chi connectivity index (χ1n) is 5.05. The third kappa shape index (κ3) is 4.34. The van der Waals surface area contributed by atoms with Gasteiger partial charge in [0.05, 0.1) is 11.8 Å². The number of rotatable bonds is 4. The van der Waals surface area contributed by atoms with Gasteiger partial charge in [-0.1, -0.05) is 0 Å². The normalized spacial score (nSPS) is 9.41. The molecule has 7 nitrogen and oxygen atoms in total. The maximum Gasteiger partial charge on any atom is 0.310 e. The standard InChI is InChI=1S/C10H13N5O2/c1-15-7-3-8(14-15)2-5-12-9(16)10(17)13-6-4-11/h3,7H,2,5-6H2,1H3,(H,12,16)(H,13,17). The molecule has 90 valence electrons. The molecule has 0 aliphatic rings. The maximum atomic E-state index is 11.2. The zero-order chi connectivity index (χ0) is 12.7. The van der Waals surface area contributed by atoms with Crippen molar-refractivity contribution in [2.24, 2.45) is 7.05 Å². The van der Waals surface area contributed by atoms with E-state index in [2.05, 4.69) is 15.7 Å². The van der Waals surface area contributed by atoms with Crippen LogP contribution in [0.2, 0.25) is 0 Å². The number of carbonyl (C=O) groups excluding carboxylic acids is 2. The Balaban J connectivity index is 2.24. The maximum absolute atomic E-state index is 11.2. The number of nitrogens with zero attached hydrogens (tertiary/aromatic N) is 3. The molecule has 0 fully saturated rings. The van der Waals surface area contributed by atoms with Crippen LogP contribution < -0.4 is 10.6 Å². The van der Waals surface area contributed by atoms with E-state index >= 15 is 0 Å². The summed E-state index contributed by atoms with van der Waals surface area (Å²) in [7, 11) is 1.80. The van der Waals surface area contributed by atoms with Crippen LogP contribution in [0.4, 0.5) is 0 Å². The van der Waals surface area contributed by atoms with Gasteiger partial charge in [-0.3, -0.25) is 14.3 Å². The first-order chi connectivity index (χ1) is 8.13. The number of nitriles is 1. The summed E-state index contributed by atoms with van der Waals surface area (Å²) in [5, 5.41) is 16.9. The Kier molecular flexibility index (Phi) is 4.69. The van der Waals surface area contributed by atoms with Crippen LogP contribution in [0, 0.1) is 11.3 Å². The van der Waals surface area contributed by atoms with Gasteiger partial charge in [0.25, 0.3) is 0 Å². The summed E-state index contributed by atoms with van der Waals surface area (Å²) in [6, 6.07) is 3.55. The lowest BCUT2D eigenvalue weighted by Gasteiger charge is -2.02. The van der Waals surface area contributed by atoms with Gasteiger partial charge in [-0.2, -0.15) is 10.4 Å². The Morgan fingerprint density at radius 1 is 1.47 bits per heavy atom. The second-order valence-electron chi connectivity index (χ2n) is 3.33. The van der Waals surface area contributed by atoms with Gasteiger partial charge in [0.15, 0.2) is 0 Å². The van der Waals surface area contributed by atoms with Gasteiger partial charge in [-0.05, 0) is 6.07 Å². The molecule has 1 aromatic rings. The SMILES string of the molecule is Cn1ccc(CCNC(=O)C(=O)NCC#N)n1. The molecule has 0 atom stereocenters. The molecule has 7 heteroatoms. The van der Waals surface area contributed by atoms with E-state index in [1.54, 1.807) is 24.0 Å². The van der Waals surface area contributed by atoms with E-state index < -0.39 is 11.8 Å². The molecule has 0 radical (unpaired) electrons. The van der Waals surface area contributed by atoms with Crippen LogP contribution in [-0.2, 0) is 23.1 Å². The number of carbonyl (C=O) groups is 2. The molecule has 0 aliphatic carbocycles. The highest BCUT2D eigenvalue weighted by molar-refractivity contribution is 6.35. The molecule has 0 bridgehead atoms. The van der Waals surface area contributed by atoms with E-state index in [9.17, 15) is 9.59 Å². The highest BCUT2D eigenvalue weighted by atomic mass is 16.2. The Hall–Kier alpha value is -2.36. The highest BCUT2D eigenvalue weighted by Crippen LogP contribution is 1.93. The monoisotopic (exact) mass is 235 g/mol. The van der Waals surface area contributed by atoms with Crippen LogP contribution in [0.3, 0.4) is 0 Å². The van der Waals surface area contributed by atoms with Crippen LogP contribution in [0.1, 0.15) is 5.69 Å². The molecule has 2 amide bonds. The Morgan fingerprint density at radius 3 is 2.76 bits per heavy atom. The molecule has 0 spiro atoms. The number of amides is 2. The van der Waals surface area contributed by atoms with Gasteiger partial charge in [0, 0.05) is 26.2 Å². The molecule has 0 unspecified atom stereocenters. The summed E-state index contributed by atoms with van der Waals surface area (Å²) in [6.45, 7) is 0.155. The number of hydrogen-bond acceptors (Lipinski definition) is 4. The lowest BCUT2D eigenvalue weighted by atomic mass is 10.3. The minimum Gasteiger partial charge on any atom is -0.347 e. The van der Waals surface area contributed by atoms with Crippen LogP contribution in [-0.4, -0.2) is 34.7 Å². The van der Waals surface area contributed by atoms with E-state index in [0.29, 0.717) is 13.0 Å². The average molecular weight is 235 g/mol. The lowest BCUT2D eigenvalue weighted by molar-refractivity contribution is -0.139. The van der Waals surface area contributed by atoms with E-state index in [4.69, 9.17) is 5.26 Å². The van der Waals surface area contributed by atoms with E-state index in [-0.39, 0.29) is 6.54 Å². The molecular formula is C10H13N5O2. The first kappa shape index (κ1) is 12.7. The predicted octanol–water partition coefficient (Wildman–Crippen LogP) is -1.28. The quantitative estimate of drug-likeness (QED) is 0.501. The number of aromatic nitrogens is 2. The molecule has 0 aromatic carbocycles. The molecule has 2 N–H and O–H groups in total. The van der Waals surface area contributed by atoms with Crippen molar-refractivity contribution in [3.8, 4) is 6.07 Å². The summed E-state index contributed by atoms with van der Waals surface area (Å²) in [6.07, 6.45) is 2.36. The second-order valence-corrected chi connectivity index (χ2v) is 3.33. The molecule has 1 aromatic heterocycles. The molecule has 0 aliphatic heterocycles. The summed E-state index contributed by atoms with van der Waals surface area (Å²) < 4.78 is 1.66. The fourth-order valence-electron chi connectivity index (χ4n) is 1.18. The predicted molar refractivity (Wildman–Crippen MR) is 58.5 cm³/mol. The van der Waals surface area contributed by atoms with Gasteiger partial charge >= 0.3 is 11.8 Å². The fourth-order valence-corrected chi connectivity index (χ4v) is 1.18. The minimum absolute atomic E-state index is 0.174. The third-order valence-electron chi connectivity index (χ3n) is 1.97. The summed E-state index contributed by atoms with van der Waals surface area (Å²) in [4.78, 5) is 22.2. The summed E-state index contributed by atoms with van der Waals surface area (Å²) in [5.74, 6) is -1.54. The van der Waals surface area contributed by atoms with Crippen LogP contribution >= 0.6 is 0 Å². The van der Waals surface area contributed by atoms with E-state index in [1.165, 1.54) is 0 Å². The highest BCUT2D eigenvalue weighted by Gasteiger charge is 2.11. The van der Waals surface area contributed by atoms with Crippen molar-refractivity contribution in [3.63, 3.8) is 0 Å². The van der Waals surface area contributed by atoms with Crippen molar-refractivity contribution < 1.29 is 9.59 Å². The van der Waals surface area contributed by atoms with Crippen molar-refractivity contribution in [1.29, 1.82) is 5.26 Å². The van der Waals surface area contributed by atoms with Crippen molar-refractivity contribution in [2.75, 3.05) is 13.1 Å². The van der Waals surface area contributed by atoms with E-state index in [0.717, 1.165) is 5.69 Å². The lowest BCUT2D eigenvalue weighted by Crippen LogP contribution is -2.40. The number of nitrogens with one attached hydrogen (secondary N) is 2. The van der Waals surface area contributed by atoms with Crippen molar-refractivity contribution in [1.82, 2.24) is 20.4 Å². The van der Waals surface area contributed by atoms with Crippen molar-refractivity contribution in [2.45, 2.75) is 6.42 Å². The summed E-state index contributed by atoms with van der Waals surface area (Å²) >= 11 is 0. The Labute approximate surface area is 98.4 Å². The van der Waals surface area contributed by atoms with Gasteiger partial charge in [-0.15, -0.1) is 0 Å². The zero-order valence-electron chi connectivity index (χ0n) is 9.43. The molecule has 1 heterocycles. The summed E-state index contributed by atoms with van der Waals surface area (Å²) in [5.41, 5.74) is 0.838. The molecule has 0 saturated carbocycles. The third-order valence-corrected chi connectivity index (χ3v) is 1.97. The topological polar surface area (TPSA) is 99.8 Å².